The quantitative estimate of drug-likeness (QED) is 0.796. The Labute approximate surface area is 86.9 Å². The summed E-state index contributed by atoms with van der Waals surface area (Å²) in [5.74, 6) is 0.0350. The topological polar surface area (TPSA) is 37.3 Å². The largest absolute Gasteiger partial charge is 0.507 e. The van der Waals surface area contributed by atoms with Crippen molar-refractivity contribution >= 4 is 43.6 Å². The Bertz CT molecular complexity index is 476. The van der Waals surface area contributed by atoms with Crippen LogP contribution < -0.4 is 0 Å². The van der Waals surface area contributed by atoms with E-state index in [0.29, 0.717) is 11.8 Å². The minimum atomic E-state index is 0.0350. The molecule has 1 aromatic carbocycles. The number of hydrogen-bond donors (Lipinski definition) is 1. The van der Waals surface area contributed by atoms with Gasteiger partial charge in [0.15, 0.2) is 6.29 Å². The number of halogens is 1. The number of aromatic hydroxyl groups is 1. The van der Waals surface area contributed by atoms with Gasteiger partial charge >= 0.3 is 0 Å². The summed E-state index contributed by atoms with van der Waals surface area (Å²) in [6, 6.07) is 5.20. The fourth-order valence-electron chi connectivity index (χ4n) is 1.15. The summed E-state index contributed by atoms with van der Waals surface area (Å²) in [7, 11) is 0. The van der Waals surface area contributed by atoms with Crippen LogP contribution in [0.5, 0.6) is 5.75 Å². The summed E-state index contributed by atoms with van der Waals surface area (Å²) in [5.41, 5.74) is 0.335. The van der Waals surface area contributed by atoms with Gasteiger partial charge < -0.3 is 5.11 Å². The van der Waals surface area contributed by atoms with Gasteiger partial charge in [0.05, 0.1) is 9.35 Å². The zero-order valence-electron chi connectivity index (χ0n) is 6.45. The molecule has 1 heterocycles. The van der Waals surface area contributed by atoms with Crippen molar-refractivity contribution in [1.82, 2.24) is 0 Å². The molecule has 2 aromatic rings. The van der Waals surface area contributed by atoms with E-state index in [-0.39, 0.29) is 5.75 Å². The first-order valence-electron chi connectivity index (χ1n) is 3.58. The smallest absolute Gasteiger partial charge is 0.153 e. The van der Waals surface area contributed by atoms with E-state index < -0.39 is 0 Å². The van der Waals surface area contributed by atoms with E-state index in [0.717, 1.165) is 13.9 Å². The number of fused-ring (bicyclic) bond motifs is 1. The maximum Gasteiger partial charge on any atom is 0.153 e. The van der Waals surface area contributed by atoms with Crippen LogP contribution in [-0.4, -0.2) is 11.4 Å². The van der Waals surface area contributed by atoms with Gasteiger partial charge in [0.25, 0.3) is 0 Å². The molecule has 4 heteroatoms. The van der Waals surface area contributed by atoms with Crippen molar-refractivity contribution in [3.8, 4) is 5.75 Å². The zero-order chi connectivity index (χ0) is 9.42. The summed E-state index contributed by atoms with van der Waals surface area (Å²) in [6.45, 7) is 0. The molecule has 0 amide bonds. The Balaban J connectivity index is 2.79. The van der Waals surface area contributed by atoms with Crippen molar-refractivity contribution in [3.63, 3.8) is 0 Å². The second-order valence-electron chi connectivity index (χ2n) is 2.62. The van der Waals surface area contributed by atoms with E-state index in [1.54, 1.807) is 12.1 Å². The van der Waals surface area contributed by atoms with Crippen LogP contribution in [0.2, 0.25) is 0 Å². The lowest BCUT2D eigenvalue weighted by atomic mass is 10.2. The number of carbonyl (C=O) groups excluding carboxylic acids is 1. The molecule has 0 bridgehead atoms. The molecule has 0 unspecified atom stereocenters. The fourth-order valence-corrected chi connectivity index (χ4v) is 2.74. The molecule has 0 radical (unpaired) electrons. The highest BCUT2D eigenvalue weighted by Gasteiger charge is 2.05. The molecule has 2 nitrogen and oxygen atoms in total. The molecule has 0 saturated heterocycles. The normalized spacial score (nSPS) is 10.5. The fraction of sp³-hybridized carbons (Fsp3) is 0. The molecular formula is C9H5BrO2S. The van der Waals surface area contributed by atoms with Crippen LogP contribution in [0.4, 0.5) is 0 Å². The van der Waals surface area contributed by atoms with E-state index >= 15 is 0 Å². The summed E-state index contributed by atoms with van der Waals surface area (Å²) in [6.07, 6.45) is 0.655. The highest BCUT2D eigenvalue weighted by molar-refractivity contribution is 9.11. The van der Waals surface area contributed by atoms with Crippen molar-refractivity contribution in [3.05, 3.63) is 27.5 Å². The monoisotopic (exact) mass is 256 g/mol. The lowest BCUT2D eigenvalue weighted by molar-refractivity contribution is 0.112. The SMILES string of the molecule is O=Cc1cc2sc(Br)cc2cc1O. The van der Waals surface area contributed by atoms with Crippen LogP contribution in [0.3, 0.4) is 0 Å². The highest BCUT2D eigenvalue weighted by atomic mass is 79.9. The van der Waals surface area contributed by atoms with Gasteiger partial charge in [0.1, 0.15) is 5.75 Å². The van der Waals surface area contributed by atoms with E-state index in [1.165, 1.54) is 11.3 Å². The second kappa shape index (κ2) is 3.12. The lowest BCUT2D eigenvalue weighted by Crippen LogP contribution is -1.79. The van der Waals surface area contributed by atoms with Crippen molar-refractivity contribution in [1.29, 1.82) is 0 Å². The van der Waals surface area contributed by atoms with E-state index in [1.807, 2.05) is 6.07 Å². The number of hydrogen-bond acceptors (Lipinski definition) is 3. The number of benzene rings is 1. The lowest BCUT2D eigenvalue weighted by Gasteiger charge is -1.95. The first-order chi connectivity index (χ1) is 6.20. The molecular weight excluding hydrogens is 252 g/mol. The summed E-state index contributed by atoms with van der Waals surface area (Å²) >= 11 is 4.88. The summed E-state index contributed by atoms with van der Waals surface area (Å²) in [5, 5.41) is 10.3. The maximum absolute atomic E-state index is 10.5. The van der Waals surface area contributed by atoms with E-state index in [4.69, 9.17) is 0 Å². The number of rotatable bonds is 1. The number of phenolic OH excluding ortho intramolecular Hbond substituents is 1. The van der Waals surface area contributed by atoms with Crippen molar-refractivity contribution in [2.75, 3.05) is 0 Å². The number of thiophene rings is 1. The number of carbonyl (C=O) groups is 1. The minimum absolute atomic E-state index is 0.0350. The Morgan fingerprint density at radius 1 is 1.38 bits per heavy atom. The predicted molar refractivity (Wildman–Crippen MR) is 56.6 cm³/mol. The van der Waals surface area contributed by atoms with Crippen LogP contribution in [-0.2, 0) is 0 Å². The molecule has 13 heavy (non-hydrogen) atoms. The van der Waals surface area contributed by atoms with Crippen LogP contribution in [0, 0.1) is 0 Å². The van der Waals surface area contributed by atoms with Gasteiger partial charge in [-0.2, -0.15) is 0 Å². The van der Waals surface area contributed by atoms with Crippen molar-refractivity contribution in [2.24, 2.45) is 0 Å². The van der Waals surface area contributed by atoms with E-state index in [2.05, 4.69) is 15.9 Å². The minimum Gasteiger partial charge on any atom is -0.507 e. The molecule has 0 aliphatic heterocycles. The average molecular weight is 257 g/mol. The van der Waals surface area contributed by atoms with Crippen LogP contribution >= 0.6 is 27.3 Å². The molecule has 66 valence electrons. The molecule has 0 spiro atoms. The van der Waals surface area contributed by atoms with Crippen LogP contribution in [0.25, 0.3) is 10.1 Å². The Kier molecular flexibility index (Phi) is 2.09. The number of aldehydes is 1. The van der Waals surface area contributed by atoms with Crippen molar-refractivity contribution in [2.45, 2.75) is 0 Å². The van der Waals surface area contributed by atoms with Crippen LogP contribution in [0.15, 0.2) is 22.0 Å². The van der Waals surface area contributed by atoms with Gasteiger partial charge in [0, 0.05) is 4.70 Å². The Morgan fingerprint density at radius 2 is 2.15 bits per heavy atom. The Morgan fingerprint density at radius 3 is 2.85 bits per heavy atom. The standard InChI is InChI=1S/C9H5BrO2S/c10-9-3-5-1-7(12)6(4-11)2-8(5)13-9/h1-4,12H. The average Bonchev–Trinajstić information content (AvgIpc) is 2.42. The molecule has 0 atom stereocenters. The predicted octanol–water partition coefficient (Wildman–Crippen LogP) is 3.18. The van der Waals surface area contributed by atoms with Gasteiger partial charge in [-0.05, 0) is 39.5 Å². The van der Waals surface area contributed by atoms with Gasteiger partial charge in [-0.25, -0.2) is 0 Å². The number of phenols is 1. The van der Waals surface area contributed by atoms with E-state index in [9.17, 15) is 9.90 Å². The highest BCUT2D eigenvalue weighted by Crippen LogP contribution is 2.33. The van der Waals surface area contributed by atoms with Crippen LogP contribution in [0.1, 0.15) is 10.4 Å². The van der Waals surface area contributed by atoms with Gasteiger partial charge in [0.2, 0.25) is 0 Å². The third-order valence-corrected chi connectivity index (χ3v) is 3.36. The third-order valence-electron chi connectivity index (χ3n) is 1.76. The first kappa shape index (κ1) is 8.72. The van der Waals surface area contributed by atoms with Gasteiger partial charge in [-0.15, -0.1) is 11.3 Å². The zero-order valence-corrected chi connectivity index (χ0v) is 8.85. The Hall–Kier alpha value is -0.870. The molecule has 2 rings (SSSR count). The van der Waals surface area contributed by atoms with Gasteiger partial charge in [-0.3, -0.25) is 4.79 Å². The third kappa shape index (κ3) is 1.47. The van der Waals surface area contributed by atoms with Crippen molar-refractivity contribution < 1.29 is 9.90 Å². The summed E-state index contributed by atoms with van der Waals surface area (Å²) in [4.78, 5) is 10.5. The molecule has 0 saturated carbocycles. The first-order valence-corrected chi connectivity index (χ1v) is 5.19. The van der Waals surface area contributed by atoms with Gasteiger partial charge in [-0.1, -0.05) is 0 Å². The summed E-state index contributed by atoms with van der Waals surface area (Å²) < 4.78 is 1.98. The second-order valence-corrected chi connectivity index (χ2v) is 5.08. The molecule has 0 aliphatic carbocycles. The molecule has 1 aromatic heterocycles. The molecule has 0 aliphatic rings. The molecule has 0 fully saturated rings. The molecule has 1 N–H and O–H groups in total. The maximum atomic E-state index is 10.5.